The zero-order valence-corrected chi connectivity index (χ0v) is 12.1. The van der Waals surface area contributed by atoms with Gasteiger partial charge in [0.1, 0.15) is 0 Å². The molecule has 2 aromatic carbocycles. The van der Waals surface area contributed by atoms with Gasteiger partial charge in [-0.15, -0.1) is 0 Å². The van der Waals surface area contributed by atoms with Crippen LogP contribution in [0, 0.1) is 0 Å². The van der Waals surface area contributed by atoms with E-state index in [0.717, 1.165) is 13.0 Å². The van der Waals surface area contributed by atoms with Gasteiger partial charge in [0.25, 0.3) is 0 Å². The second kappa shape index (κ2) is 7.06. The molecule has 3 nitrogen and oxygen atoms in total. The minimum atomic E-state index is -0.180. The number of hydrogen-bond acceptors (Lipinski definition) is 2. The summed E-state index contributed by atoms with van der Waals surface area (Å²) in [6.45, 7) is 5.38. The van der Waals surface area contributed by atoms with E-state index in [2.05, 4.69) is 47.9 Å². The number of amides is 1. The standard InChI is InChI=1S/C17H22N2O/c1-3-11-18-17(20)13(2)19-12-15-9-6-8-14-7-4-5-10-16(14)15/h4-10,13,19H,3,11-12H2,1-2H3,(H,18,20). The molecule has 106 valence electrons. The van der Waals surface area contributed by atoms with Crippen molar-refractivity contribution in [3.63, 3.8) is 0 Å². The third-order valence-corrected chi connectivity index (χ3v) is 3.42. The molecular weight excluding hydrogens is 248 g/mol. The second-order valence-electron chi connectivity index (χ2n) is 5.03. The van der Waals surface area contributed by atoms with Crippen molar-refractivity contribution in [1.29, 1.82) is 0 Å². The lowest BCUT2D eigenvalue weighted by molar-refractivity contribution is -0.122. The molecule has 1 unspecified atom stereocenters. The number of nitrogens with one attached hydrogen (secondary N) is 2. The van der Waals surface area contributed by atoms with Gasteiger partial charge in [0.2, 0.25) is 5.91 Å². The third-order valence-electron chi connectivity index (χ3n) is 3.42. The minimum Gasteiger partial charge on any atom is -0.355 e. The van der Waals surface area contributed by atoms with Crippen LogP contribution in [0.3, 0.4) is 0 Å². The summed E-state index contributed by atoms with van der Waals surface area (Å²) in [5.74, 6) is 0.0621. The molecule has 0 aliphatic carbocycles. The predicted molar refractivity (Wildman–Crippen MR) is 83.6 cm³/mol. The molecule has 20 heavy (non-hydrogen) atoms. The molecule has 0 bridgehead atoms. The molecule has 3 heteroatoms. The Bertz CT molecular complexity index is 575. The van der Waals surface area contributed by atoms with E-state index in [9.17, 15) is 4.79 Å². The quantitative estimate of drug-likeness (QED) is 0.847. The lowest BCUT2D eigenvalue weighted by Crippen LogP contribution is -2.42. The van der Waals surface area contributed by atoms with Crippen molar-refractivity contribution in [2.75, 3.05) is 6.54 Å². The van der Waals surface area contributed by atoms with Crippen molar-refractivity contribution in [2.24, 2.45) is 0 Å². The van der Waals surface area contributed by atoms with E-state index in [4.69, 9.17) is 0 Å². The minimum absolute atomic E-state index is 0.0621. The van der Waals surface area contributed by atoms with E-state index in [1.165, 1.54) is 16.3 Å². The van der Waals surface area contributed by atoms with Gasteiger partial charge in [-0.3, -0.25) is 4.79 Å². The maximum absolute atomic E-state index is 11.8. The first-order valence-corrected chi connectivity index (χ1v) is 7.20. The van der Waals surface area contributed by atoms with Gasteiger partial charge in [-0.25, -0.2) is 0 Å². The van der Waals surface area contributed by atoms with Crippen molar-refractivity contribution in [3.8, 4) is 0 Å². The van der Waals surface area contributed by atoms with Crippen molar-refractivity contribution in [2.45, 2.75) is 32.9 Å². The Morgan fingerprint density at radius 2 is 1.90 bits per heavy atom. The van der Waals surface area contributed by atoms with Crippen LogP contribution in [0.15, 0.2) is 42.5 Å². The Morgan fingerprint density at radius 3 is 2.70 bits per heavy atom. The normalized spacial score (nSPS) is 12.3. The summed E-state index contributed by atoms with van der Waals surface area (Å²) < 4.78 is 0. The fourth-order valence-corrected chi connectivity index (χ4v) is 2.20. The summed E-state index contributed by atoms with van der Waals surface area (Å²) in [7, 11) is 0. The highest BCUT2D eigenvalue weighted by Gasteiger charge is 2.11. The first kappa shape index (κ1) is 14.5. The van der Waals surface area contributed by atoms with Crippen molar-refractivity contribution in [3.05, 3.63) is 48.0 Å². The molecule has 0 heterocycles. The second-order valence-corrected chi connectivity index (χ2v) is 5.03. The average Bonchev–Trinajstić information content (AvgIpc) is 2.50. The van der Waals surface area contributed by atoms with Crippen LogP contribution >= 0.6 is 0 Å². The summed E-state index contributed by atoms with van der Waals surface area (Å²) >= 11 is 0. The number of carbonyl (C=O) groups is 1. The van der Waals surface area contributed by atoms with E-state index >= 15 is 0 Å². The first-order valence-electron chi connectivity index (χ1n) is 7.20. The topological polar surface area (TPSA) is 41.1 Å². The highest BCUT2D eigenvalue weighted by Crippen LogP contribution is 2.18. The first-order chi connectivity index (χ1) is 9.72. The largest absolute Gasteiger partial charge is 0.355 e. The molecule has 0 aliphatic rings. The predicted octanol–water partition coefficient (Wildman–Crippen LogP) is 2.84. The van der Waals surface area contributed by atoms with Crippen LogP contribution in [0.2, 0.25) is 0 Å². The zero-order valence-electron chi connectivity index (χ0n) is 12.1. The molecule has 0 aromatic heterocycles. The Labute approximate surface area is 120 Å². The Kier molecular flexibility index (Phi) is 5.13. The zero-order chi connectivity index (χ0) is 14.4. The number of hydrogen-bond donors (Lipinski definition) is 2. The molecule has 2 aromatic rings. The average molecular weight is 270 g/mol. The van der Waals surface area contributed by atoms with E-state index in [0.29, 0.717) is 6.54 Å². The fraction of sp³-hybridized carbons (Fsp3) is 0.353. The highest BCUT2D eigenvalue weighted by atomic mass is 16.2. The number of fused-ring (bicyclic) bond motifs is 1. The maximum Gasteiger partial charge on any atom is 0.236 e. The van der Waals surface area contributed by atoms with Crippen LogP contribution in [0.1, 0.15) is 25.8 Å². The van der Waals surface area contributed by atoms with Crippen LogP contribution in [0.5, 0.6) is 0 Å². The van der Waals surface area contributed by atoms with E-state index in [-0.39, 0.29) is 11.9 Å². The van der Waals surface area contributed by atoms with Gasteiger partial charge in [-0.05, 0) is 29.7 Å². The van der Waals surface area contributed by atoms with Crippen molar-refractivity contribution >= 4 is 16.7 Å². The van der Waals surface area contributed by atoms with Gasteiger partial charge >= 0.3 is 0 Å². The molecule has 2 N–H and O–H groups in total. The molecule has 2 rings (SSSR count). The molecule has 0 saturated carbocycles. The molecule has 1 atom stereocenters. The van der Waals surface area contributed by atoms with E-state index in [1.807, 2.05) is 19.1 Å². The number of rotatable bonds is 6. The van der Waals surface area contributed by atoms with Gasteiger partial charge in [0.15, 0.2) is 0 Å². The van der Waals surface area contributed by atoms with Gasteiger partial charge in [-0.2, -0.15) is 0 Å². The fourth-order valence-electron chi connectivity index (χ4n) is 2.20. The molecule has 0 aliphatic heterocycles. The third kappa shape index (κ3) is 3.58. The molecule has 0 saturated heterocycles. The van der Waals surface area contributed by atoms with Gasteiger partial charge in [0, 0.05) is 13.1 Å². The number of benzene rings is 2. The maximum atomic E-state index is 11.8. The summed E-state index contributed by atoms with van der Waals surface area (Å²) in [5.41, 5.74) is 1.22. The molecule has 0 spiro atoms. The van der Waals surface area contributed by atoms with Crippen LogP contribution in [-0.4, -0.2) is 18.5 Å². The SMILES string of the molecule is CCCNC(=O)C(C)NCc1cccc2ccccc12. The number of carbonyl (C=O) groups excluding carboxylic acids is 1. The van der Waals surface area contributed by atoms with Crippen LogP contribution in [0.25, 0.3) is 10.8 Å². The summed E-state index contributed by atoms with van der Waals surface area (Å²) in [6, 6.07) is 14.4. The molecule has 0 fully saturated rings. The van der Waals surface area contributed by atoms with Crippen LogP contribution in [-0.2, 0) is 11.3 Å². The summed E-state index contributed by atoms with van der Waals surface area (Å²) in [6.07, 6.45) is 0.960. The monoisotopic (exact) mass is 270 g/mol. The van der Waals surface area contributed by atoms with E-state index < -0.39 is 0 Å². The van der Waals surface area contributed by atoms with Crippen molar-refractivity contribution in [1.82, 2.24) is 10.6 Å². The van der Waals surface area contributed by atoms with Gasteiger partial charge in [-0.1, -0.05) is 49.4 Å². The molecule has 1 amide bonds. The Balaban J connectivity index is 2.00. The lowest BCUT2D eigenvalue weighted by Gasteiger charge is -2.14. The Hall–Kier alpha value is -1.87. The van der Waals surface area contributed by atoms with Gasteiger partial charge in [0.05, 0.1) is 6.04 Å². The van der Waals surface area contributed by atoms with Crippen molar-refractivity contribution < 1.29 is 4.79 Å². The summed E-state index contributed by atoms with van der Waals surface area (Å²) in [4.78, 5) is 11.8. The highest BCUT2D eigenvalue weighted by molar-refractivity contribution is 5.85. The molecule has 0 radical (unpaired) electrons. The van der Waals surface area contributed by atoms with Crippen LogP contribution in [0.4, 0.5) is 0 Å². The molecular formula is C17H22N2O. The Morgan fingerprint density at radius 1 is 1.15 bits per heavy atom. The smallest absolute Gasteiger partial charge is 0.236 e. The van der Waals surface area contributed by atoms with E-state index in [1.54, 1.807) is 0 Å². The summed E-state index contributed by atoms with van der Waals surface area (Å²) in [5, 5.41) is 8.66. The van der Waals surface area contributed by atoms with Gasteiger partial charge < -0.3 is 10.6 Å². The lowest BCUT2D eigenvalue weighted by atomic mass is 10.0. The van der Waals surface area contributed by atoms with Crippen LogP contribution < -0.4 is 10.6 Å².